The number of aryl methyl sites for hydroxylation is 2. The van der Waals surface area contributed by atoms with Crippen molar-refractivity contribution in [2.75, 3.05) is 38.2 Å². The maximum atomic E-state index is 13.7. The second kappa shape index (κ2) is 10.8. The molecule has 9 heteroatoms. The van der Waals surface area contributed by atoms with Gasteiger partial charge in [0.25, 0.3) is 5.56 Å². The summed E-state index contributed by atoms with van der Waals surface area (Å²) in [4.78, 5) is 21.7. The van der Waals surface area contributed by atoms with E-state index in [2.05, 4.69) is 67.6 Å². The average Bonchev–Trinajstić information content (AvgIpc) is 3.44. The van der Waals surface area contributed by atoms with Gasteiger partial charge in [-0.05, 0) is 84.5 Å². The number of ether oxygens (including phenoxy) is 1. The lowest BCUT2D eigenvalue weighted by Crippen LogP contribution is -2.49. The topological polar surface area (TPSA) is 92.2 Å². The molecule has 1 atom stereocenters. The molecule has 6 rings (SSSR count). The monoisotopic (exact) mass is 527 g/mol. The number of H-pyrrole nitrogens is 1. The van der Waals surface area contributed by atoms with E-state index in [1.54, 1.807) is 7.11 Å². The number of hydrogen-bond donors (Lipinski definition) is 1. The van der Waals surface area contributed by atoms with E-state index in [1.165, 1.54) is 30.5 Å². The molecule has 3 heterocycles. The third-order valence-electron chi connectivity index (χ3n) is 8.42. The Kier molecular flexibility index (Phi) is 7.08. The van der Waals surface area contributed by atoms with Crippen molar-refractivity contribution in [1.82, 2.24) is 30.1 Å². The molecular weight excluding hydrogens is 490 g/mol. The van der Waals surface area contributed by atoms with Crippen molar-refractivity contribution in [3.8, 4) is 5.75 Å². The zero-order valence-corrected chi connectivity index (χ0v) is 23.1. The lowest BCUT2D eigenvalue weighted by molar-refractivity contribution is 0.192. The Morgan fingerprint density at radius 1 is 0.974 bits per heavy atom. The van der Waals surface area contributed by atoms with Gasteiger partial charge in [0.15, 0.2) is 5.82 Å². The van der Waals surface area contributed by atoms with Crippen LogP contribution in [0.2, 0.25) is 0 Å². The van der Waals surface area contributed by atoms with Gasteiger partial charge in [0.1, 0.15) is 11.8 Å². The Morgan fingerprint density at radius 3 is 2.44 bits per heavy atom. The Balaban J connectivity index is 1.38. The van der Waals surface area contributed by atoms with Crippen LogP contribution in [0.1, 0.15) is 66.7 Å². The molecule has 0 unspecified atom stereocenters. The molecule has 2 aromatic heterocycles. The van der Waals surface area contributed by atoms with Crippen LogP contribution in [-0.2, 0) is 0 Å². The van der Waals surface area contributed by atoms with Crippen molar-refractivity contribution in [1.29, 1.82) is 0 Å². The van der Waals surface area contributed by atoms with Gasteiger partial charge in [-0.3, -0.25) is 9.69 Å². The fraction of sp³-hybridized carbons (Fsp3) is 0.467. The van der Waals surface area contributed by atoms with Crippen molar-refractivity contribution < 1.29 is 4.74 Å². The molecule has 1 aliphatic carbocycles. The van der Waals surface area contributed by atoms with E-state index in [9.17, 15) is 4.79 Å². The molecule has 0 radical (unpaired) electrons. The molecule has 9 nitrogen and oxygen atoms in total. The molecule has 1 aliphatic heterocycles. The van der Waals surface area contributed by atoms with Gasteiger partial charge in [0.2, 0.25) is 0 Å². The van der Waals surface area contributed by atoms with E-state index < -0.39 is 0 Å². The summed E-state index contributed by atoms with van der Waals surface area (Å²) in [6, 6.07) is 14.5. The predicted molar refractivity (Wildman–Crippen MR) is 153 cm³/mol. The fourth-order valence-electron chi connectivity index (χ4n) is 6.40. The SMILES string of the molecule is COc1ccc(N2CCN([C@@H](c3cc4cc(C)cc(C)c4[nH]c3=O)c3nnnn3C3CCCCC3)CC2)cc1. The molecule has 1 saturated carbocycles. The molecule has 0 bridgehead atoms. The highest BCUT2D eigenvalue weighted by molar-refractivity contribution is 5.83. The number of pyridine rings is 1. The molecule has 1 N–H and O–H groups in total. The van der Waals surface area contributed by atoms with Crippen LogP contribution in [0.25, 0.3) is 10.9 Å². The van der Waals surface area contributed by atoms with E-state index in [-0.39, 0.29) is 17.6 Å². The van der Waals surface area contributed by atoms with Gasteiger partial charge < -0.3 is 14.6 Å². The number of aromatic nitrogens is 5. The molecule has 0 spiro atoms. The van der Waals surface area contributed by atoms with E-state index in [0.29, 0.717) is 5.56 Å². The van der Waals surface area contributed by atoms with Crippen LogP contribution in [0.15, 0.2) is 47.3 Å². The number of benzene rings is 2. The second-order valence-corrected chi connectivity index (χ2v) is 11.0. The van der Waals surface area contributed by atoms with Crippen molar-refractivity contribution in [2.45, 2.75) is 58.0 Å². The van der Waals surface area contributed by atoms with Crippen LogP contribution in [0, 0.1) is 13.8 Å². The summed E-state index contributed by atoms with van der Waals surface area (Å²) in [5.41, 5.74) is 4.95. The van der Waals surface area contributed by atoms with Gasteiger partial charge in [-0.15, -0.1) is 5.10 Å². The lowest BCUT2D eigenvalue weighted by atomic mass is 9.95. The zero-order chi connectivity index (χ0) is 26.9. The summed E-state index contributed by atoms with van der Waals surface area (Å²) in [5.74, 6) is 1.63. The first-order valence-corrected chi connectivity index (χ1v) is 14.1. The number of hydrogen-bond acceptors (Lipinski definition) is 7. The number of nitrogens with zero attached hydrogens (tertiary/aromatic N) is 6. The van der Waals surface area contributed by atoms with Gasteiger partial charge in [-0.2, -0.15) is 0 Å². The summed E-state index contributed by atoms with van der Waals surface area (Å²) in [6.45, 7) is 7.41. The minimum absolute atomic E-state index is 0.0739. The number of anilines is 1. The van der Waals surface area contributed by atoms with E-state index in [0.717, 1.165) is 67.1 Å². The number of piperazine rings is 1. The third kappa shape index (κ3) is 5.03. The van der Waals surface area contributed by atoms with E-state index >= 15 is 0 Å². The Labute approximate surface area is 228 Å². The fourth-order valence-corrected chi connectivity index (χ4v) is 6.40. The molecular formula is C30H37N7O2. The Hall–Kier alpha value is -3.72. The number of nitrogens with one attached hydrogen (secondary N) is 1. The van der Waals surface area contributed by atoms with Crippen molar-refractivity contribution in [3.63, 3.8) is 0 Å². The second-order valence-electron chi connectivity index (χ2n) is 11.0. The molecule has 0 amide bonds. The number of methoxy groups -OCH3 is 1. The standard InChI is InChI=1S/C30H37N7O2/c1-20-17-21(2)27-22(18-20)19-26(30(38)31-27)28(29-32-33-34-37(29)24-7-5-4-6-8-24)36-15-13-35(14-16-36)23-9-11-25(39-3)12-10-23/h9-12,17-19,24,28H,4-8,13-16H2,1-3H3,(H,31,38)/t28-/m0/s1. The minimum Gasteiger partial charge on any atom is -0.497 e. The summed E-state index contributed by atoms with van der Waals surface area (Å²) in [7, 11) is 1.69. The Morgan fingerprint density at radius 2 is 1.72 bits per heavy atom. The number of rotatable bonds is 6. The summed E-state index contributed by atoms with van der Waals surface area (Å²) in [6.07, 6.45) is 5.77. The quantitative estimate of drug-likeness (QED) is 0.393. The van der Waals surface area contributed by atoms with Crippen LogP contribution >= 0.6 is 0 Å². The first kappa shape index (κ1) is 25.6. The highest BCUT2D eigenvalue weighted by Crippen LogP contribution is 2.34. The van der Waals surface area contributed by atoms with Crippen LogP contribution in [-0.4, -0.2) is 63.4 Å². The largest absolute Gasteiger partial charge is 0.497 e. The maximum absolute atomic E-state index is 13.7. The van der Waals surface area contributed by atoms with Gasteiger partial charge in [0.05, 0.1) is 18.7 Å². The molecule has 39 heavy (non-hydrogen) atoms. The third-order valence-corrected chi connectivity index (χ3v) is 8.42. The molecule has 4 aromatic rings. The Bertz CT molecular complexity index is 1500. The van der Waals surface area contributed by atoms with Crippen molar-refractivity contribution in [3.05, 3.63) is 75.3 Å². The maximum Gasteiger partial charge on any atom is 0.253 e. The number of fused-ring (bicyclic) bond motifs is 1. The van der Waals surface area contributed by atoms with Crippen molar-refractivity contribution >= 4 is 16.6 Å². The van der Waals surface area contributed by atoms with Crippen molar-refractivity contribution in [2.24, 2.45) is 0 Å². The smallest absolute Gasteiger partial charge is 0.253 e. The first-order valence-electron chi connectivity index (χ1n) is 14.1. The van der Waals surface area contributed by atoms with E-state index in [4.69, 9.17) is 4.74 Å². The molecule has 2 fully saturated rings. The summed E-state index contributed by atoms with van der Waals surface area (Å²) >= 11 is 0. The van der Waals surface area contributed by atoms with Crippen LogP contribution in [0.3, 0.4) is 0 Å². The van der Waals surface area contributed by atoms with Gasteiger partial charge in [-0.1, -0.05) is 30.9 Å². The first-order chi connectivity index (χ1) is 19.0. The number of tetrazole rings is 1. The molecule has 2 aliphatic rings. The highest BCUT2D eigenvalue weighted by Gasteiger charge is 2.34. The molecule has 204 valence electrons. The number of aromatic amines is 1. The van der Waals surface area contributed by atoms with Crippen LogP contribution in [0.5, 0.6) is 5.75 Å². The highest BCUT2D eigenvalue weighted by atomic mass is 16.5. The predicted octanol–water partition coefficient (Wildman–Crippen LogP) is 4.56. The van der Waals surface area contributed by atoms with E-state index in [1.807, 2.05) is 23.7 Å². The molecule has 2 aromatic carbocycles. The van der Waals surface area contributed by atoms with Crippen LogP contribution in [0.4, 0.5) is 5.69 Å². The van der Waals surface area contributed by atoms with Gasteiger partial charge in [0, 0.05) is 37.4 Å². The summed E-state index contributed by atoms with van der Waals surface area (Å²) in [5, 5.41) is 14.2. The lowest BCUT2D eigenvalue weighted by Gasteiger charge is -2.40. The molecule has 1 saturated heterocycles. The average molecular weight is 528 g/mol. The van der Waals surface area contributed by atoms with Gasteiger partial charge in [-0.25, -0.2) is 4.68 Å². The minimum atomic E-state index is -0.325. The van der Waals surface area contributed by atoms with Gasteiger partial charge >= 0.3 is 0 Å². The zero-order valence-electron chi connectivity index (χ0n) is 23.1. The normalized spacial score (nSPS) is 18.0. The summed E-state index contributed by atoms with van der Waals surface area (Å²) < 4.78 is 7.35. The van der Waals surface area contributed by atoms with Crippen LogP contribution < -0.4 is 15.2 Å².